The van der Waals surface area contributed by atoms with Crippen molar-refractivity contribution in [1.82, 2.24) is 0 Å². The normalized spacial score (nSPS) is 41.8. The molecule has 5 aliphatic rings. The van der Waals surface area contributed by atoms with Crippen molar-refractivity contribution in [3.63, 3.8) is 0 Å². The molecule has 6 nitrogen and oxygen atoms in total. The molecule has 0 unspecified atom stereocenters. The number of allylic oxidation sites excluding steroid dienone is 3. The predicted molar refractivity (Wildman–Crippen MR) is 135 cm³/mol. The third-order valence-electron chi connectivity index (χ3n) is 10.8. The summed E-state index contributed by atoms with van der Waals surface area (Å²) in [6, 6.07) is 0. The Kier molecular flexibility index (Phi) is 5.64. The first-order valence-corrected chi connectivity index (χ1v) is 13.7. The van der Waals surface area contributed by atoms with Crippen molar-refractivity contribution >= 4 is 17.3 Å². The number of hydrogen-bond donors (Lipinski definition) is 1. The van der Waals surface area contributed by atoms with Crippen molar-refractivity contribution < 1.29 is 29.0 Å². The summed E-state index contributed by atoms with van der Waals surface area (Å²) in [6.45, 7) is 14.4. The highest BCUT2D eigenvalue weighted by molar-refractivity contribution is 6.10. The second kappa shape index (κ2) is 7.86. The Balaban J connectivity index is 1.49. The Morgan fingerprint density at radius 1 is 0.944 bits per heavy atom. The standard InChI is InChI=1S/C30H42O6/c1-17-18(28(6)13-10-20(31)26(2,3)25(28)24(34)23(17)33)8-9-19-29(7)14-11-21(32)27(4,5)36-22(29)12-15-30(19)16-35-30/h19,22,34H,8-16H2,1-7H3/t19-,22-,28+,29-,30+/m0/s1. The summed E-state index contributed by atoms with van der Waals surface area (Å²) < 4.78 is 12.7. The molecule has 4 fully saturated rings. The molecule has 6 heteroatoms. The van der Waals surface area contributed by atoms with E-state index in [2.05, 4.69) is 13.8 Å². The number of aliphatic hydroxyl groups excluding tert-OH is 1. The van der Waals surface area contributed by atoms with E-state index in [-0.39, 0.29) is 46.1 Å². The zero-order valence-corrected chi connectivity index (χ0v) is 23.0. The van der Waals surface area contributed by atoms with Crippen LogP contribution in [0.5, 0.6) is 0 Å². The van der Waals surface area contributed by atoms with E-state index in [9.17, 15) is 19.5 Å². The van der Waals surface area contributed by atoms with E-state index < -0.39 is 16.4 Å². The second-order valence-electron chi connectivity index (χ2n) is 13.6. The van der Waals surface area contributed by atoms with Crippen molar-refractivity contribution in [2.75, 3.05) is 6.61 Å². The molecule has 5 rings (SSSR count). The Morgan fingerprint density at radius 3 is 2.22 bits per heavy atom. The Morgan fingerprint density at radius 2 is 1.58 bits per heavy atom. The molecule has 0 amide bonds. The first-order chi connectivity index (χ1) is 16.6. The molecule has 1 N–H and O–H groups in total. The van der Waals surface area contributed by atoms with Crippen molar-refractivity contribution in [3.8, 4) is 0 Å². The smallest absolute Gasteiger partial charge is 0.223 e. The van der Waals surface area contributed by atoms with E-state index in [1.165, 1.54) is 0 Å². The van der Waals surface area contributed by atoms with E-state index in [1.807, 2.05) is 34.6 Å². The fourth-order valence-electron chi connectivity index (χ4n) is 8.45. The lowest BCUT2D eigenvalue weighted by Gasteiger charge is -2.52. The van der Waals surface area contributed by atoms with Crippen LogP contribution in [0.3, 0.4) is 0 Å². The number of rotatable bonds is 3. The van der Waals surface area contributed by atoms with Crippen molar-refractivity contribution in [2.45, 2.75) is 117 Å². The Bertz CT molecular complexity index is 1100. The van der Waals surface area contributed by atoms with Crippen LogP contribution >= 0.6 is 0 Å². The van der Waals surface area contributed by atoms with Crippen LogP contribution in [0.2, 0.25) is 0 Å². The van der Waals surface area contributed by atoms with Crippen LogP contribution in [0.15, 0.2) is 22.5 Å². The fraction of sp³-hybridized carbons (Fsp3) is 0.767. The SMILES string of the molecule is CC1=C(CC[C@@H]2[C@@]3(CC[C@@H]4OC(C)(C)C(=O)CC[C@]42C)CO3)[C@@]2(C)CCC(=O)C(C)(C)C2=C(O)C1=O. The highest BCUT2D eigenvalue weighted by atomic mass is 16.6. The van der Waals surface area contributed by atoms with Crippen molar-refractivity contribution in [3.05, 3.63) is 22.5 Å². The van der Waals surface area contributed by atoms with Crippen LogP contribution in [-0.4, -0.2) is 46.4 Å². The molecular weight excluding hydrogens is 456 g/mol. The topological polar surface area (TPSA) is 93.2 Å². The summed E-state index contributed by atoms with van der Waals surface area (Å²) >= 11 is 0. The minimum atomic E-state index is -0.873. The number of hydrogen-bond acceptors (Lipinski definition) is 6. The maximum Gasteiger partial charge on any atom is 0.223 e. The number of fused-ring (bicyclic) bond motifs is 2. The van der Waals surface area contributed by atoms with Gasteiger partial charge in [-0.2, -0.15) is 0 Å². The molecule has 0 aromatic rings. The van der Waals surface area contributed by atoms with Gasteiger partial charge in [0.15, 0.2) is 11.5 Å². The minimum Gasteiger partial charge on any atom is -0.504 e. The summed E-state index contributed by atoms with van der Waals surface area (Å²) in [5, 5.41) is 11.0. The van der Waals surface area contributed by atoms with Gasteiger partial charge < -0.3 is 14.6 Å². The monoisotopic (exact) mass is 498 g/mol. The van der Waals surface area contributed by atoms with Gasteiger partial charge in [-0.05, 0) is 90.0 Å². The molecule has 2 saturated heterocycles. The maximum atomic E-state index is 13.2. The highest BCUT2D eigenvalue weighted by Crippen LogP contribution is 2.62. The summed E-state index contributed by atoms with van der Waals surface area (Å²) in [6.07, 6.45) is 5.64. The lowest BCUT2D eigenvalue weighted by molar-refractivity contribution is -0.168. The van der Waals surface area contributed by atoms with E-state index >= 15 is 0 Å². The van der Waals surface area contributed by atoms with E-state index in [0.29, 0.717) is 36.8 Å². The molecule has 0 aromatic carbocycles. The van der Waals surface area contributed by atoms with E-state index in [0.717, 1.165) is 37.9 Å². The lowest BCUT2D eigenvalue weighted by Crippen LogP contribution is -2.53. The van der Waals surface area contributed by atoms with Gasteiger partial charge >= 0.3 is 0 Å². The Labute approximate surface area is 214 Å². The molecular formula is C30H42O6. The quantitative estimate of drug-likeness (QED) is 0.510. The fourth-order valence-corrected chi connectivity index (χ4v) is 8.45. The van der Waals surface area contributed by atoms with Crippen LogP contribution in [-0.2, 0) is 23.9 Å². The highest BCUT2D eigenvalue weighted by Gasteiger charge is 2.64. The van der Waals surface area contributed by atoms with E-state index in [1.54, 1.807) is 0 Å². The van der Waals surface area contributed by atoms with Crippen LogP contribution in [0, 0.1) is 22.2 Å². The molecule has 0 bridgehead atoms. The molecule has 2 saturated carbocycles. The van der Waals surface area contributed by atoms with Crippen LogP contribution in [0.25, 0.3) is 0 Å². The third-order valence-corrected chi connectivity index (χ3v) is 10.8. The molecule has 2 heterocycles. The van der Waals surface area contributed by atoms with Gasteiger partial charge in [0.1, 0.15) is 11.4 Å². The molecule has 1 spiro atoms. The summed E-state index contributed by atoms with van der Waals surface area (Å²) in [5.41, 5.74) is -0.299. The molecule has 5 atom stereocenters. The summed E-state index contributed by atoms with van der Waals surface area (Å²) in [4.78, 5) is 38.9. The number of epoxide rings is 1. The molecule has 0 radical (unpaired) electrons. The number of aliphatic hydroxyl groups is 1. The lowest BCUT2D eigenvalue weighted by atomic mass is 9.52. The van der Waals surface area contributed by atoms with Gasteiger partial charge in [0, 0.05) is 29.2 Å². The number of carbonyl (C=O) groups excluding carboxylic acids is 3. The summed E-state index contributed by atoms with van der Waals surface area (Å²) in [7, 11) is 0. The van der Waals surface area contributed by atoms with Gasteiger partial charge in [-0.25, -0.2) is 0 Å². The molecule has 198 valence electrons. The third kappa shape index (κ3) is 3.46. The van der Waals surface area contributed by atoms with E-state index in [4.69, 9.17) is 9.47 Å². The van der Waals surface area contributed by atoms with Crippen LogP contribution in [0.1, 0.15) is 99.8 Å². The molecule has 2 aliphatic heterocycles. The van der Waals surface area contributed by atoms with Crippen LogP contribution in [0.4, 0.5) is 0 Å². The molecule has 3 aliphatic carbocycles. The predicted octanol–water partition coefficient (Wildman–Crippen LogP) is 5.59. The largest absolute Gasteiger partial charge is 0.504 e. The van der Waals surface area contributed by atoms with Gasteiger partial charge in [-0.1, -0.05) is 19.4 Å². The molecule has 0 aromatic heterocycles. The van der Waals surface area contributed by atoms with Gasteiger partial charge in [0.2, 0.25) is 5.78 Å². The van der Waals surface area contributed by atoms with Gasteiger partial charge in [0.25, 0.3) is 0 Å². The van der Waals surface area contributed by atoms with Crippen LogP contribution < -0.4 is 0 Å². The number of ketones is 3. The first-order valence-electron chi connectivity index (χ1n) is 13.7. The van der Waals surface area contributed by atoms with Gasteiger partial charge in [-0.3, -0.25) is 14.4 Å². The minimum absolute atomic E-state index is 0.0110. The first kappa shape index (κ1) is 25.8. The second-order valence-corrected chi connectivity index (χ2v) is 13.6. The van der Waals surface area contributed by atoms with Gasteiger partial charge in [0.05, 0.1) is 18.3 Å². The average Bonchev–Trinajstić information content (AvgIpc) is 3.58. The Hall–Kier alpha value is -1.79. The van der Waals surface area contributed by atoms with Crippen molar-refractivity contribution in [1.29, 1.82) is 0 Å². The van der Waals surface area contributed by atoms with Gasteiger partial charge in [-0.15, -0.1) is 0 Å². The average molecular weight is 499 g/mol. The maximum absolute atomic E-state index is 13.2. The number of ether oxygens (including phenoxy) is 2. The van der Waals surface area contributed by atoms with Crippen molar-refractivity contribution in [2.24, 2.45) is 22.2 Å². The molecule has 36 heavy (non-hydrogen) atoms. The zero-order chi connectivity index (χ0) is 26.5. The number of carbonyl (C=O) groups is 3. The number of Topliss-reactive ketones (excluding diaryl/α,β-unsaturated/α-hetero) is 3. The zero-order valence-electron chi connectivity index (χ0n) is 23.0. The summed E-state index contributed by atoms with van der Waals surface area (Å²) in [5.74, 6) is -0.155.